The summed E-state index contributed by atoms with van der Waals surface area (Å²) >= 11 is 1.86. The van der Waals surface area contributed by atoms with E-state index in [1.807, 2.05) is 16.4 Å². The number of benzene rings is 1. The van der Waals surface area contributed by atoms with Gasteiger partial charge in [-0.25, -0.2) is 4.68 Å². The Morgan fingerprint density at radius 1 is 1.26 bits per heavy atom. The van der Waals surface area contributed by atoms with Crippen LogP contribution in [0.1, 0.15) is 41.6 Å². The Morgan fingerprint density at radius 2 is 2.09 bits per heavy atom. The predicted octanol–water partition coefficient (Wildman–Crippen LogP) is 3.97. The molecule has 1 aromatic carbocycles. The van der Waals surface area contributed by atoms with Crippen molar-refractivity contribution < 1.29 is 4.79 Å². The first-order valence-corrected chi connectivity index (χ1v) is 9.36. The van der Waals surface area contributed by atoms with Gasteiger partial charge in [-0.15, -0.1) is 0 Å². The molecule has 1 aromatic heterocycles. The number of aromatic nitrogens is 2. The second-order valence-electron chi connectivity index (χ2n) is 6.56. The van der Waals surface area contributed by atoms with Crippen LogP contribution in [0.25, 0.3) is 5.69 Å². The first-order chi connectivity index (χ1) is 11.1. The second kappa shape index (κ2) is 5.71. The van der Waals surface area contributed by atoms with E-state index in [4.69, 9.17) is 5.10 Å². The fourth-order valence-corrected chi connectivity index (χ4v) is 4.11. The Bertz CT molecular complexity index is 777. The van der Waals surface area contributed by atoms with Crippen LogP contribution in [0.2, 0.25) is 0 Å². The van der Waals surface area contributed by atoms with Gasteiger partial charge in [0.25, 0.3) is 0 Å². The van der Waals surface area contributed by atoms with Gasteiger partial charge in [-0.1, -0.05) is 12.5 Å². The van der Waals surface area contributed by atoms with E-state index < -0.39 is 0 Å². The lowest BCUT2D eigenvalue weighted by Crippen LogP contribution is -2.29. The fraction of sp³-hybridized carbons (Fsp3) is 0.444. The number of amides is 1. The fourth-order valence-electron chi connectivity index (χ4n) is 3.07. The zero-order valence-corrected chi connectivity index (χ0v) is 14.4. The molecule has 2 aromatic rings. The number of carbonyl (C=O) groups is 1. The molecule has 120 valence electrons. The summed E-state index contributed by atoms with van der Waals surface area (Å²) in [4.78, 5) is 12.4. The molecule has 23 heavy (non-hydrogen) atoms. The summed E-state index contributed by atoms with van der Waals surface area (Å²) in [5, 5.41) is 7.94. The third kappa shape index (κ3) is 2.57. The minimum absolute atomic E-state index is 0.154. The molecule has 1 fully saturated rings. The number of nitrogens with zero attached hydrogens (tertiary/aromatic N) is 2. The van der Waals surface area contributed by atoms with E-state index in [0.717, 1.165) is 41.5 Å². The number of nitrogens with one attached hydrogen (secondary N) is 1. The molecule has 0 atom stereocenters. The van der Waals surface area contributed by atoms with Crippen LogP contribution in [0.5, 0.6) is 0 Å². The zero-order chi connectivity index (χ0) is 16.0. The number of carbonyl (C=O) groups excluding carboxylic acids is 1. The molecule has 1 aliphatic heterocycles. The van der Waals surface area contributed by atoms with Gasteiger partial charge in [0.1, 0.15) is 5.82 Å². The lowest BCUT2D eigenvalue weighted by Gasteiger charge is -2.24. The van der Waals surface area contributed by atoms with Crippen LogP contribution >= 0.6 is 11.8 Å². The molecular weight excluding hydrogens is 306 g/mol. The second-order valence-corrected chi connectivity index (χ2v) is 7.55. The number of aryl methyl sites for hydroxylation is 2. The van der Waals surface area contributed by atoms with Gasteiger partial charge in [0.15, 0.2) is 0 Å². The van der Waals surface area contributed by atoms with Crippen molar-refractivity contribution in [1.82, 2.24) is 9.78 Å². The van der Waals surface area contributed by atoms with E-state index in [1.54, 1.807) is 0 Å². The van der Waals surface area contributed by atoms with Crippen molar-refractivity contribution in [2.75, 3.05) is 5.32 Å². The highest BCUT2D eigenvalue weighted by molar-refractivity contribution is 7.98. The van der Waals surface area contributed by atoms with Gasteiger partial charge in [0.05, 0.1) is 11.4 Å². The Hall–Kier alpha value is -1.75. The smallest absolute Gasteiger partial charge is 0.228 e. The van der Waals surface area contributed by atoms with Gasteiger partial charge in [0, 0.05) is 23.0 Å². The molecule has 4 rings (SSSR count). The summed E-state index contributed by atoms with van der Waals surface area (Å²) in [7, 11) is 0. The maximum absolute atomic E-state index is 12.4. The molecule has 1 aliphatic carbocycles. The van der Waals surface area contributed by atoms with Crippen LogP contribution in [0, 0.1) is 19.8 Å². The summed E-state index contributed by atoms with van der Waals surface area (Å²) in [6, 6.07) is 6.34. The summed E-state index contributed by atoms with van der Waals surface area (Å²) in [5.41, 5.74) is 5.84. The SMILES string of the molecule is Cc1ccc(-n2nc3c(c2NC(=O)C2CCC2)CSC3)cc1C. The van der Waals surface area contributed by atoms with E-state index in [2.05, 4.69) is 37.4 Å². The standard InChI is InChI=1S/C18H21N3OS/c1-11-6-7-14(8-12(11)2)21-17(15-9-23-10-16(15)20-21)19-18(22)13-4-3-5-13/h6-8,13H,3-5,9-10H2,1-2H3,(H,19,22). The lowest BCUT2D eigenvalue weighted by molar-refractivity contribution is -0.122. The van der Waals surface area contributed by atoms with Gasteiger partial charge in [-0.3, -0.25) is 4.79 Å². The van der Waals surface area contributed by atoms with Crippen molar-refractivity contribution in [3.05, 3.63) is 40.6 Å². The van der Waals surface area contributed by atoms with Crippen molar-refractivity contribution in [2.45, 2.75) is 44.6 Å². The molecule has 0 radical (unpaired) electrons. The Morgan fingerprint density at radius 3 is 2.78 bits per heavy atom. The molecule has 1 saturated carbocycles. The molecule has 4 nitrogen and oxygen atoms in total. The number of rotatable bonds is 3. The highest BCUT2D eigenvalue weighted by Crippen LogP contribution is 2.37. The van der Waals surface area contributed by atoms with Gasteiger partial charge in [0.2, 0.25) is 5.91 Å². The number of hydrogen-bond donors (Lipinski definition) is 1. The average molecular weight is 327 g/mol. The zero-order valence-electron chi connectivity index (χ0n) is 13.6. The van der Waals surface area contributed by atoms with Gasteiger partial charge in [-0.05, 0) is 49.9 Å². The molecule has 2 heterocycles. The largest absolute Gasteiger partial charge is 0.310 e. The van der Waals surface area contributed by atoms with Crippen LogP contribution < -0.4 is 5.32 Å². The van der Waals surface area contributed by atoms with E-state index in [0.29, 0.717) is 0 Å². The maximum atomic E-state index is 12.4. The third-order valence-electron chi connectivity index (χ3n) is 5.00. The van der Waals surface area contributed by atoms with Gasteiger partial charge in [-0.2, -0.15) is 16.9 Å². The molecule has 2 aliphatic rings. The van der Waals surface area contributed by atoms with Crippen LogP contribution in [-0.2, 0) is 16.3 Å². The molecule has 0 spiro atoms. The topological polar surface area (TPSA) is 46.9 Å². The van der Waals surface area contributed by atoms with Crippen molar-refractivity contribution >= 4 is 23.5 Å². The molecule has 0 bridgehead atoms. The highest BCUT2D eigenvalue weighted by atomic mass is 32.2. The first-order valence-electron chi connectivity index (χ1n) is 8.20. The monoisotopic (exact) mass is 327 g/mol. The van der Waals surface area contributed by atoms with E-state index in [1.165, 1.54) is 23.1 Å². The first kappa shape index (κ1) is 14.8. The van der Waals surface area contributed by atoms with E-state index in [9.17, 15) is 4.79 Å². The number of fused-ring (bicyclic) bond motifs is 1. The molecular formula is C18H21N3OS. The minimum Gasteiger partial charge on any atom is -0.310 e. The van der Waals surface area contributed by atoms with Crippen molar-refractivity contribution in [1.29, 1.82) is 0 Å². The number of anilines is 1. The van der Waals surface area contributed by atoms with Crippen LogP contribution in [0.15, 0.2) is 18.2 Å². The Labute approximate surface area is 140 Å². The normalized spacial score (nSPS) is 17.0. The van der Waals surface area contributed by atoms with Crippen LogP contribution in [0.3, 0.4) is 0 Å². The quantitative estimate of drug-likeness (QED) is 0.928. The number of thioether (sulfide) groups is 1. The lowest BCUT2D eigenvalue weighted by atomic mass is 9.85. The highest BCUT2D eigenvalue weighted by Gasteiger charge is 2.29. The summed E-state index contributed by atoms with van der Waals surface area (Å²) in [5.74, 6) is 3.08. The molecule has 1 N–H and O–H groups in total. The van der Waals surface area contributed by atoms with Gasteiger partial charge >= 0.3 is 0 Å². The van der Waals surface area contributed by atoms with Crippen molar-refractivity contribution in [2.24, 2.45) is 5.92 Å². The average Bonchev–Trinajstić information content (AvgIpc) is 3.03. The molecule has 5 heteroatoms. The minimum atomic E-state index is 0.154. The predicted molar refractivity (Wildman–Crippen MR) is 94.0 cm³/mol. The van der Waals surface area contributed by atoms with Crippen LogP contribution in [-0.4, -0.2) is 15.7 Å². The Kier molecular flexibility index (Phi) is 3.68. The van der Waals surface area contributed by atoms with Crippen LogP contribution in [0.4, 0.5) is 5.82 Å². The van der Waals surface area contributed by atoms with E-state index >= 15 is 0 Å². The van der Waals surface area contributed by atoms with Crippen molar-refractivity contribution in [3.8, 4) is 5.69 Å². The Balaban J connectivity index is 1.73. The van der Waals surface area contributed by atoms with Crippen molar-refractivity contribution in [3.63, 3.8) is 0 Å². The van der Waals surface area contributed by atoms with E-state index in [-0.39, 0.29) is 11.8 Å². The van der Waals surface area contributed by atoms with Gasteiger partial charge < -0.3 is 5.32 Å². The number of hydrogen-bond acceptors (Lipinski definition) is 3. The maximum Gasteiger partial charge on any atom is 0.228 e. The summed E-state index contributed by atoms with van der Waals surface area (Å²) < 4.78 is 1.92. The molecule has 1 amide bonds. The third-order valence-corrected chi connectivity index (χ3v) is 5.97. The molecule has 0 unspecified atom stereocenters. The molecule has 0 saturated heterocycles. The summed E-state index contributed by atoms with van der Waals surface area (Å²) in [6.07, 6.45) is 3.20. The summed E-state index contributed by atoms with van der Waals surface area (Å²) in [6.45, 7) is 4.22.